The number of benzene rings is 1. The van der Waals surface area contributed by atoms with E-state index < -0.39 is 6.04 Å². The molecule has 1 fully saturated rings. The third-order valence-electron chi connectivity index (χ3n) is 6.67. The summed E-state index contributed by atoms with van der Waals surface area (Å²) in [5, 5.41) is 3.77. The molecule has 1 heterocycles. The number of hydrogen-bond acceptors (Lipinski definition) is 4. The van der Waals surface area contributed by atoms with E-state index in [2.05, 4.69) is 5.32 Å². The molecule has 1 aliphatic carbocycles. The molecule has 0 bridgehead atoms. The molecule has 1 aliphatic heterocycles. The molecule has 4 amide bonds. The molecule has 0 saturated carbocycles. The van der Waals surface area contributed by atoms with E-state index in [-0.39, 0.29) is 61.0 Å². The van der Waals surface area contributed by atoms with Crippen LogP contribution in [0.5, 0.6) is 0 Å². The number of hydrogen-bond donors (Lipinski definition) is 1. The SMILES string of the molecule is CC[C@@H](C)NC(=O)[C@H](C)N(Cc1ccc(Cl)cc1Cl)C(=O)CCN1C(=O)[C@H]2CC=CC[C@H]2C1=O. The second-order valence-corrected chi connectivity index (χ2v) is 9.83. The van der Waals surface area contributed by atoms with Crippen LogP contribution in [0.4, 0.5) is 0 Å². The third kappa shape index (κ3) is 5.81. The van der Waals surface area contributed by atoms with E-state index in [0.717, 1.165) is 6.42 Å². The first-order chi connectivity index (χ1) is 16.1. The first-order valence-corrected chi connectivity index (χ1v) is 12.4. The molecular formula is C25H31Cl2N3O4. The molecule has 184 valence electrons. The minimum absolute atomic E-state index is 0.00590. The maximum absolute atomic E-state index is 13.3. The van der Waals surface area contributed by atoms with Gasteiger partial charge in [-0.15, -0.1) is 0 Å². The Hall–Kier alpha value is -2.38. The smallest absolute Gasteiger partial charge is 0.242 e. The lowest BCUT2D eigenvalue weighted by atomic mass is 9.85. The van der Waals surface area contributed by atoms with Gasteiger partial charge in [-0.2, -0.15) is 0 Å². The van der Waals surface area contributed by atoms with E-state index in [1.165, 1.54) is 9.80 Å². The summed E-state index contributed by atoms with van der Waals surface area (Å²) in [7, 11) is 0. The average molecular weight is 508 g/mol. The van der Waals surface area contributed by atoms with Gasteiger partial charge in [0.1, 0.15) is 6.04 Å². The molecule has 0 aromatic heterocycles. The van der Waals surface area contributed by atoms with E-state index in [4.69, 9.17) is 23.2 Å². The van der Waals surface area contributed by atoms with Gasteiger partial charge in [0.25, 0.3) is 0 Å². The van der Waals surface area contributed by atoms with Gasteiger partial charge in [-0.05, 0) is 50.8 Å². The molecule has 2 aliphatic rings. The normalized spacial score (nSPS) is 21.3. The highest BCUT2D eigenvalue weighted by atomic mass is 35.5. The minimum Gasteiger partial charge on any atom is -0.352 e. The second-order valence-electron chi connectivity index (χ2n) is 8.99. The standard InChI is InChI=1S/C25H31Cl2N3O4/c1-4-15(2)28-23(32)16(3)30(14-17-9-10-18(26)13-21(17)27)22(31)11-12-29-24(33)19-7-5-6-8-20(19)25(29)34/h5-6,9-10,13,15-16,19-20H,4,7-8,11-12,14H2,1-3H3,(H,28,32)/t15-,16+,19-,20+/m1/s1. The van der Waals surface area contributed by atoms with Crippen LogP contribution < -0.4 is 5.32 Å². The molecule has 1 aromatic carbocycles. The average Bonchev–Trinajstić information content (AvgIpc) is 3.06. The molecule has 7 nitrogen and oxygen atoms in total. The van der Waals surface area contributed by atoms with E-state index in [9.17, 15) is 19.2 Å². The Labute approximate surface area is 210 Å². The lowest BCUT2D eigenvalue weighted by molar-refractivity contribution is -0.143. The van der Waals surface area contributed by atoms with Crippen LogP contribution in [0.15, 0.2) is 30.4 Å². The van der Waals surface area contributed by atoms with Crippen molar-refractivity contribution in [1.29, 1.82) is 0 Å². The van der Waals surface area contributed by atoms with Crippen LogP contribution in [0.25, 0.3) is 0 Å². The van der Waals surface area contributed by atoms with Crippen molar-refractivity contribution in [2.45, 2.75) is 65.1 Å². The summed E-state index contributed by atoms with van der Waals surface area (Å²) in [5.41, 5.74) is 0.646. The molecule has 1 saturated heterocycles. The summed E-state index contributed by atoms with van der Waals surface area (Å²) < 4.78 is 0. The number of halogens is 2. The number of carbonyl (C=O) groups is 4. The van der Waals surface area contributed by atoms with Gasteiger partial charge in [-0.25, -0.2) is 0 Å². The molecule has 4 atom stereocenters. The lowest BCUT2D eigenvalue weighted by Crippen LogP contribution is -2.50. The highest BCUT2D eigenvalue weighted by Crippen LogP contribution is 2.35. The van der Waals surface area contributed by atoms with Crippen molar-refractivity contribution >= 4 is 46.8 Å². The maximum Gasteiger partial charge on any atom is 0.242 e. The van der Waals surface area contributed by atoms with Gasteiger partial charge in [0.05, 0.1) is 11.8 Å². The number of amides is 4. The topological polar surface area (TPSA) is 86.8 Å². The van der Waals surface area contributed by atoms with Gasteiger partial charge in [0, 0.05) is 35.6 Å². The number of allylic oxidation sites excluding steroid dienone is 2. The Kier molecular flexibility index (Phi) is 8.77. The Balaban J connectivity index is 1.75. The summed E-state index contributed by atoms with van der Waals surface area (Å²) in [4.78, 5) is 54.3. The fourth-order valence-electron chi connectivity index (χ4n) is 4.32. The minimum atomic E-state index is -0.773. The molecule has 34 heavy (non-hydrogen) atoms. The predicted molar refractivity (Wildman–Crippen MR) is 131 cm³/mol. The van der Waals surface area contributed by atoms with Crippen molar-refractivity contribution in [2.75, 3.05) is 6.54 Å². The Morgan fingerprint density at radius 3 is 2.29 bits per heavy atom. The van der Waals surface area contributed by atoms with Gasteiger partial charge < -0.3 is 10.2 Å². The lowest BCUT2D eigenvalue weighted by Gasteiger charge is -2.30. The highest BCUT2D eigenvalue weighted by molar-refractivity contribution is 6.35. The molecule has 0 radical (unpaired) electrons. The fraction of sp³-hybridized carbons (Fsp3) is 0.520. The third-order valence-corrected chi connectivity index (χ3v) is 7.26. The number of nitrogens with one attached hydrogen (secondary N) is 1. The number of fused-ring (bicyclic) bond motifs is 1. The Bertz CT molecular complexity index is 970. The van der Waals surface area contributed by atoms with Crippen LogP contribution in [0, 0.1) is 11.8 Å². The van der Waals surface area contributed by atoms with Crippen LogP contribution in [0.1, 0.15) is 52.0 Å². The predicted octanol–water partition coefficient (Wildman–Crippen LogP) is 3.97. The second kappa shape index (κ2) is 11.4. The quantitative estimate of drug-likeness (QED) is 0.404. The number of imide groups is 1. The van der Waals surface area contributed by atoms with Crippen LogP contribution in [-0.2, 0) is 25.7 Å². The van der Waals surface area contributed by atoms with Crippen molar-refractivity contribution in [3.8, 4) is 0 Å². The summed E-state index contributed by atoms with van der Waals surface area (Å²) >= 11 is 12.3. The number of nitrogens with zero attached hydrogens (tertiary/aromatic N) is 2. The highest BCUT2D eigenvalue weighted by Gasteiger charge is 2.47. The van der Waals surface area contributed by atoms with E-state index >= 15 is 0 Å². The molecule has 9 heteroatoms. The van der Waals surface area contributed by atoms with Crippen LogP contribution in [0.3, 0.4) is 0 Å². The van der Waals surface area contributed by atoms with Crippen LogP contribution >= 0.6 is 23.2 Å². The van der Waals surface area contributed by atoms with Crippen molar-refractivity contribution < 1.29 is 19.2 Å². The van der Waals surface area contributed by atoms with Crippen LogP contribution in [0.2, 0.25) is 10.0 Å². The van der Waals surface area contributed by atoms with Gasteiger partial charge in [0.15, 0.2) is 0 Å². The van der Waals surface area contributed by atoms with Gasteiger partial charge >= 0.3 is 0 Å². The first kappa shape index (κ1) is 26.2. The Morgan fingerprint density at radius 2 is 1.74 bits per heavy atom. The summed E-state index contributed by atoms with van der Waals surface area (Å²) in [6, 6.07) is 4.16. The molecule has 1 aromatic rings. The van der Waals surface area contributed by atoms with Crippen molar-refractivity contribution in [1.82, 2.24) is 15.1 Å². The Morgan fingerprint density at radius 1 is 1.12 bits per heavy atom. The van der Waals surface area contributed by atoms with Crippen molar-refractivity contribution in [3.05, 3.63) is 46.0 Å². The zero-order valence-electron chi connectivity index (χ0n) is 19.7. The largest absolute Gasteiger partial charge is 0.352 e. The summed E-state index contributed by atoms with van der Waals surface area (Å²) in [6.45, 7) is 5.61. The zero-order valence-corrected chi connectivity index (χ0v) is 21.2. The maximum atomic E-state index is 13.3. The molecule has 3 rings (SSSR count). The summed E-state index contributed by atoms with van der Waals surface area (Å²) in [5.74, 6) is -1.73. The van der Waals surface area contributed by atoms with E-state index in [1.54, 1.807) is 25.1 Å². The van der Waals surface area contributed by atoms with Crippen molar-refractivity contribution in [3.63, 3.8) is 0 Å². The molecule has 1 N–H and O–H groups in total. The van der Waals surface area contributed by atoms with Gasteiger partial charge in [-0.1, -0.05) is 48.3 Å². The number of likely N-dealkylation sites (tertiary alicyclic amines) is 1. The number of rotatable bonds is 9. The molecule has 0 spiro atoms. The van der Waals surface area contributed by atoms with E-state index in [0.29, 0.717) is 28.5 Å². The number of carbonyl (C=O) groups excluding carboxylic acids is 4. The van der Waals surface area contributed by atoms with Crippen LogP contribution in [-0.4, -0.2) is 52.1 Å². The molecular weight excluding hydrogens is 477 g/mol. The van der Waals surface area contributed by atoms with Gasteiger partial charge in [-0.3, -0.25) is 24.1 Å². The van der Waals surface area contributed by atoms with Gasteiger partial charge in [0.2, 0.25) is 23.6 Å². The van der Waals surface area contributed by atoms with Crippen molar-refractivity contribution in [2.24, 2.45) is 11.8 Å². The summed E-state index contributed by atoms with van der Waals surface area (Å²) in [6.07, 6.45) is 5.63. The fourth-order valence-corrected chi connectivity index (χ4v) is 4.79. The van der Waals surface area contributed by atoms with E-state index in [1.807, 2.05) is 26.0 Å². The zero-order chi connectivity index (χ0) is 25.0. The first-order valence-electron chi connectivity index (χ1n) is 11.7. The molecule has 0 unspecified atom stereocenters. The monoisotopic (exact) mass is 507 g/mol.